The van der Waals surface area contributed by atoms with Gasteiger partial charge >= 0.3 is 6.09 Å². The van der Waals surface area contributed by atoms with Gasteiger partial charge in [0.15, 0.2) is 5.82 Å². The van der Waals surface area contributed by atoms with Gasteiger partial charge in [-0.1, -0.05) is 12.1 Å². The number of benzene rings is 1. The number of carbonyl (C=O) groups excluding carboxylic acids is 1. The third-order valence-corrected chi connectivity index (χ3v) is 4.80. The van der Waals surface area contributed by atoms with Crippen LogP contribution in [0.5, 0.6) is 5.88 Å². The molecule has 1 saturated heterocycles. The van der Waals surface area contributed by atoms with Crippen LogP contribution in [0.2, 0.25) is 0 Å². The summed E-state index contributed by atoms with van der Waals surface area (Å²) in [6.45, 7) is 9.46. The molecule has 7 nitrogen and oxygen atoms in total. The van der Waals surface area contributed by atoms with Gasteiger partial charge in [-0.25, -0.2) is 14.8 Å². The van der Waals surface area contributed by atoms with E-state index in [-0.39, 0.29) is 12.1 Å². The third kappa shape index (κ3) is 4.64. The molecule has 7 heteroatoms. The summed E-state index contributed by atoms with van der Waals surface area (Å²) < 4.78 is 11.3. The molecule has 3 rings (SSSR count). The average molecular weight is 386 g/mol. The van der Waals surface area contributed by atoms with E-state index >= 15 is 0 Å². The SMILES string of the molecule is CCOc1nc2ccccc2nc1N(C)C1CCN(C(=O)OC(C)(C)C)CC1. The molecule has 0 aliphatic carbocycles. The summed E-state index contributed by atoms with van der Waals surface area (Å²) in [6, 6.07) is 8.06. The van der Waals surface area contributed by atoms with Gasteiger partial charge in [0.2, 0.25) is 0 Å². The van der Waals surface area contributed by atoms with E-state index in [0.717, 1.165) is 29.7 Å². The van der Waals surface area contributed by atoms with Crippen LogP contribution in [-0.4, -0.2) is 59.3 Å². The van der Waals surface area contributed by atoms with E-state index in [2.05, 4.69) is 9.88 Å². The molecule has 1 aromatic heterocycles. The molecule has 1 aliphatic rings. The highest BCUT2D eigenvalue weighted by Gasteiger charge is 2.30. The summed E-state index contributed by atoms with van der Waals surface area (Å²) in [6.07, 6.45) is 1.44. The second kappa shape index (κ2) is 8.20. The number of hydrogen-bond donors (Lipinski definition) is 0. The fourth-order valence-electron chi connectivity index (χ4n) is 3.37. The molecule has 152 valence electrons. The largest absolute Gasteiger partial charge is 0.475 e. The minimum atomic E-state index is -0.474. The lowest BCUT2D eigenvalue weighted by atomic mass is 10.0. The number of likely N-dealkylation sites (tertiary alicyclic amines) is 1. The lowest BCUT2D eigenvalue weighted by Crippen LogP contribution is -2.47. The van der Waals surface area contributed by atoms with Crippen LogP contribution in [0.15, 0.2) is 24.3 Å². The number of nitrogens with zero attached hydrogens (tertiary/aromatic N) is 4. The molecule has 0 radical (unpaired) electrons. The number of aromatic nitrogens is 2. The third-order valence-electron chi connectivity index (χ3n) is 4.80. The van der Waals surface area contributed by atoms with Crippen LogP contribution in [-0.2, 0) is 4.74 Å². The summed E-state index contributed by atoms with van der Waals surface area (Å²) in [7, 11) is 2.02. The Morgan fingerprint density at radius 3 is 2.36 bits per heavy atom. The standard InChI is InChI=1S/C21H30N4O3/c1-6-27-19-18(22-16-9-7-8-10-17(16)23-19)24(5)15-11-13-25(14-12-15)20(26)28-21(2,3)4/h7-10,15H,6,11-14H2,1-5H3. The summed E-state index contributed by atoms with van der Waals surface area (Å²) in [5.41, 5.74) is 1.19. The van der Waals surface area contributed by atoms with E-state index in [1.807, 2.05) is 59.0 Å². The van der Waals surface area contributed by atoms with Crippen molar-refractivity contribution < 1.29 is 14.3 Å². The fourth-order valence-corrected chi connectivity index (χ4v) is 3.37. The van der Waals surface area contributed by atoms with Crippen molar-refractivity contribution in [3.63, 3.8) is 0 Å². The number of carbonyl (C=O) groups is 1. The molecule has 1 fully saturated rings. The molecule has 0 N–H and O–H groups in total. The maximum Gasteiger partial charge on any atom is 0.410 e. The highest BCUT2D eigenvalue weighted by molar-refractivity contribution is 5.77. The topological polar surface area (TPSA) is 67.8 Å². The van der Waals surface area contributed by atoms with Gasteiger partial charge in [-0.3, -0.25) is 0 Å². The Labute approximate surface area is 166 Å². The summed E-state index contributed by atoms with van der Waals surface area (Å²) in [5, 5.41) is 0. The number of para-hydroxylation sites is 2. The monoisotopic (exact) mass is 386 g/mol. The molecule has 2 aromatic rings. The van der Waals surface area contributed by atoms with E-state index in [0.29, 0.717) is 25.6 Å². The zero-order valence-corrected chi connectivity index (χ0v) is 17.4. The maximum atomic E-state index is 12.3. The lowest BCUT2D eigenvalue weighted by molar-refractivity contribution is 0.0205. The quantitative estimate of drug-likeness (QED) is 0.795. The highest BCUT2D eigenvalue weighted by Crippen LogP contribution is 2.30. The molecule has 28 heavy (non-hydrogen) atoms. The van der Waals surface area contributed by atoms with Crippen molar-refractivity contribution in [2.75, 3.05) is 31.6 Å². The number of amides is 1. The van der Waals surface area contributed by atoms with E-state index < -0.39 is 5.60 Å². The molecule has 0 atom stereocenters. The molecule has 1 aromatic carbocycles. The molecule has 1 amide bonds. The number of hydrogen-bond acceptors (Lipinski definition) is 6. The van der Waals surface area contributed by atoms with Gasteiger partial charge in [-0.15, -0.1) is 0 Å². The normalized spacial score (nSPS) is 15.5. The van der Waals surface area contributed by atoms with Crippen molar-refractivity contribution in [1.29, 1.82) is 0 Å². The number of anilines is 1. The molecule has 0 bridgehead atoms. The summed E-state index contributed by atoms with van der Waals surface area (Å²) in [4.78, 5) is 25.7. The van der Waals surface area contributed by atoms with Crippen LogP contribution >= 0.6 is 0 Å². The van der Waals surface area contributed by atoms with E-state index in [4.69, 9.17) is 14.5 Å². The molecule has 0 spiro atoms. The Morgan fingerprint density at radius 1 is 1.18 bits per heavy atom. The van der Waals surface area contributed by atoms with Gasteiger partial charge in [-0.2, -0.15) is 0 Å². The van der Waals surface area contributed by atoms with E-state index in [1.165, 1.54) is 0 Å². The lowest BCUT2D eigenvalue weighted by Gasteiger charge is -2.37. The zero-order chi connectivity index (χ0) is 20.3. The Balaban J connectivity index is 1.73. The van der Waals surface area contributed by atoms with Gasteiger partial charge in [-0.05, 0) is 52.7 Å². The predicted molar refractivity (Wildman–Crippen MR) is 110 cm³/mol. The molecule has 0 saturated carbocycles. The highest BCUT2D eigenvalue weighted by atomic mass is 16.6. The molecule has 2 heterocycles. The van der Waals surface area contributed by atoms with Crippen LogP contribution in [0.1, 0.15) is 40.5 Å². The fraction of sp³-hybridized carbons (Fsp3) is 0.571. The summed E-state index contributed by atoms with van der Waals surface area (Å²) >= 11 is 0. The second-order valence-corrected chi connectivity index (χ2v) is 8.08. The van der Waals surface area contributed by atoms with E-state index in [9.17, 15) is 4.79 Å². The second-order valence-electron chi connectivity index (χ2n) is 8.08. The van der Waals surface area contributed by atoms with Crippen LogP contribution in [0.4, 0.5) is 10.6 Å². The van der Waals surface area contributed by atoms with Crippen molar-refractivity contribution in [3.8, 4) is 5.88 Å². The van der Waals surface area contributed by atoms with E-state index in [1.54, 1.807) is 4.90 Å². The first kappa shape index (κ1) is 20.2. The predicted octanol–water partition coefficient (Wildman–Crippen LogP) is 3.86. The minimum absolute atomic E-state index is 0.242. The van der Waals surface area contributed by atoms with Crippen molar-refractivity contribution in [3.05, 3.63) is 24.3 Å². The number of fused-ring (bicyclic) bond motifs is 1. The molecular formula is C21H30N4O3. The molecule has 1 aliphatic heterocycles. The minimum Gasteiger partial charge on any atom is -0.475 e. The number of ether oxygens (including phenoxy) is 2. The van der Waals surface area contributed by atoms with Gasteiger partial charge in [0, 0.05) is 26.2 Å². The van der Waals surface area contributed by atoms with Crippen molar-refractivity contribution in [2.24, 2.45) is 0 Å². The number of piperidine rings is 1. The van der Waals surface area contributed by atoms with Crippen LogP contribution in [0, 0.1) is 0 Å². The Bertz CT molecular complexity index is 826. The Morgan fingerprint density at radius 2 is 1.79 bits per heavy atom. The maximum absolute atomic E-state index is 12.3. The smallest absolute Gasteiger partial charge is 0.410 e. The van der Waals surface area contributed by atoms with Gasteiger partial charge < -0.3 is 19.3 Å². The van der Waals surface area contributed by atoms with Crippen LogP contribution < -0.4 is 9.64 Å². The zero-order valence-electron chi connectivity index (χ0n) is 17.4. The van der Waals surface area contributed by atoms with Gasteiger partial charge in [0.25, 0.3) is 5.88 Å². The number of rotatable bonds is 4. The van der Waals surface area contributed by atoms with Crippen LogP contribution in [0.3, 0.4) is 0 Å². The van der Waals surface area contributed by atoms with Crippen molar-refractivity contribution in [2.45, 2.75) is 52.2 Å². The molecule has 0 unspecified atom stereocenters. The average Bonchev–Trinajstić information content (AvgIpc) is 2.66. The first-order valence-corrected chi connectivity index (χ1v) is 9.89. The van der Waals surface area contributed by atoms with Gasteiger partial charge in [0.05, 0.1) is 17.6 Å². The Hall–Kier alpha value is -2.57. The first-order chi connectivity index (χ1) is 13.3. The molecular weight excluding hydrogens is 356 g/mol. The van der Waals surface area contributed by atoms with Crippen molar-refractivity contribution in [1.82, 2.24) is 14.9 Å². The van der Waals surface area contributed by atoms with Gasteiger partial charge in [0.1, 0.15) is 5.60 Å². The first-order valence-electron chi connectivity index (χ1n) is 9.89. The van der Waals surface area contributed by atoms with Crippen molar-refractivity contribution >= 4 is 22.9 Å². The summed E-state index contributed by atoms with van der Waals surface area (Å²) in [5.74, 6) is 1.30. The van der Waals surface area contributed by atoms with Crippen LogP contribution in [0.25, 0.3) is 11.0 Å². The Kier molecular flexibility index (Phi) is 5.91.